The fourth-order valence-electron chi connectivity index (χ4n) is 2.21. The highest BCUT2D eigenvalue weighted by Crippen LogP contribution is 2.31. The third-order valence-electron chi connectivity index (χ3n) is 3.19. The average Bonchev–Trinajstić information content (AvgIpc) is 2.49. The van der Waals surface area contributed by atoms with Gasteiger partial charge in [0.25, 0.3) is 0 Å². The van der Waals surface area contributed by atoms with Gasteiger partial charge in [0.1, 0.15) is 5.76 Å². The molecule has 1 unspecified atom stereocenters. The number of hydrogen-bond donors (Lipinski definition) is 0. The van der Waals surface area contributed by atoms with Gasteiger partial charge in [-0.3, -0.25) is 4.79 Å². The summed E-state index contributed by atoms with van der Waals surface area (Å²) >= 11 is 0. The van der Waals surface area contributed by atoms with Crippen molar-refractivity contribution < 1.29 is 9.53 Å². The fraction of sp³-hybridized carbons (Fsp3) is 0.118. The zero-order valence-corrected chi connectivity index (χ0v) is 10.5. The lowest BCUT2D eigenvalue weighted by atomic mass is 9.99. The summed E-state index contributed by atoms with van der Waals surface area (Å²) in [5.74, 6) is 0.889. The SMILES string of the molecule is O=C1CC=C(c2ccccc2)OC1c1ccccc1. The van der Waals surface area contributed by atoms with E-state index in [1.54, 1.807) is 0 Å². The van der Waals surface area contributed by atoms with Crippen LogP contribution in [0.15, 0.2) is 66.7 Å². The minimum absolute atomic E-state index is 0.103. The second-order valence-corrected chi connectivity index (χ2v) is 4.51. The monoisotopic (exact) mass is 250 g/mol. The molecule has 0 bridgehead atoms. The van der Waals surface area contributed by atoms with Crippen molar-refractivity contribution in [1.82, 2.24) is 0 Å². The Balaban J connectivity index is 1.90. The van der Waals surface area contributed by atoms with E-state index in [1.807, 2.05) is 66.7 Å². The summed E-state index contributed by atoms with van der Waals surface area (Å²) in [6.07, 6.45) is 1.79. The maximum Gasteiger partial charge on any atom is 0.182 e. The zero-order valence-electron chi connectivity index (χ0n) is 10.5. The number of ether oxygens (including phenoxy) is 1. The number of benzene rings is 2. The Labute approximate surface area is 112 Å². The molecule has 0 N–H and O–H groups in total. The van der Waals surface area contributed by atoms with E-state index in [0.29, 0.717) is 6.42 Å². The molecular formula is C17H14O2. The molecule has 0 amide bonds. The Morgan fingerprint density at radius 1 is 0.895 bits per heavy atom. The van der Waals surface area contributed by atoms with Crippen LogP contribution < -0.4 is 0 Å². The Morgan fingerprint density at radius 2 is 1.53 bits per heavy atom. The molecule has 94 valence electrons. The average molecular weight is 250 g/mol. The van der Waals surface area contributed by atoms with E-state index in [4.69, 9.17) is 4.74 Å². The third-order valence-corrected chi connectivity index (χ3v) is 3.19. The van der Waals surface area contributed by atoms with Crippen LogP contribution in [0.2, 0.25) is 0 Å². The van der Waals surface area contributed by atoms with Gasteiger partial charge in [0.15, 0.2) is 11.9 Å². The molecule has 0 aromatic heterocycles. The van der Waals surface area contributed by atoms with Crippen molar-refractivity contribution in [2.45, 2.75) is 12.5 Å². The molecule has 2 aromatic rings. The quantitative estimate of drug-likeness (QED) is 0.811. The number of rotatable bonds is 2. The van der Waals surface area contributed by atoms with Crippen LogP contribution in [0.5, 0.6) is 0 Å². The highest BCUT2D eigenvalue weighted by Gasteiger charge is 2.26. The van der Waals surface area contributed by atoms with E-state index in [-0.39, 0.29) is 5.78 Å². The van der Waals surface area contributed by atoms with Crippen molar-refractivity contribution in [1.29, 1.82) is 0 Å². The minimum atomic E-state index is -0.485. The maximum atomic E-state index is 12.0. The van der Waals surface area contributed by atoms with Gasteiger partial charge in [-0.05, 0) is 11.6 Å². The van der Waals surface area contributed by atoms with E-state index in [2.05, 4.69) is 0 Å². The number of allylic oxidation sites excluding steroid dienone is 1. The van der Waals surface area contributed by atoms with Gasteiger partial charge < -0.3 is 4.74 Å². The molecule has 2 nitrogen and oxygen atoms in total. The largest absolute Gasteiger partial charge is 0.478 e. The van der Waals surface area contributed by atoms with Crippen LogP contribution in [0.1, 0.15) is 23.7 Å². The summed E-state index contributed by atoms with van der Waals surface area (Å²) in [5.41, 5.74) is 1.92. The van der Waals surface area contributed by atoms with Crippen LogP contribution in [0.4, 0.5) is 0 Å². The molecule has 1 aliphatic rings. The molecule has 2 heteroatoms. The maximum absolute atomic E-state index is 12.0. The van der Waals surface area contributed by atoms with Gasteiger partial charge in [-0.1, -0.05) is 60.7 Å². The number of carbonyl (C=O) groups is 1. The summed E-state index contributed by atoms with van der Waals surface area (Å²) in [6, 6.07) is 19.5. The molecule has 0 radical (unpaired) electrons. The first kappa shape index (κ1) is 11.7. The van der Waals surface area contributed by atoms with Gasteiger partial charge in [-0.2, -0.15) is 0 Å². The van der Waals surface area contributed by atoms with E-state index in [9.17, 15) is 4.79 Å². The van der Waals surface area contributed by atoms with Crippen LogP contribution in [-0.2, 0) is 9.53 Å². The molecule has 0 fully saturated rings. The van der Waals surface area contributed by atoms with E-state index in [1.165, 1.54) is 0 Å². The van der Waals surface area contributed by atoms with Crippen LogP contribution in [0.25, 0.3) is 5.76 Å². The van der Waals surface area contributed by atoms with Crippen LogP contribution >= 0.6 is 0 Å². The number of Topliss-reactive ketones (excluding diaryl/α,β-unsaturated/α-hetero) is 1. The Kier molecular flexibility index (Phi) is 3.15. The van der Waals surface area contributed by atoms with E-state index in [0.717, 1.165) is 16.9 Å². The standard InChI is InChI=1S/C17H14O2/c18-15-11-12-16(13-7-3-1-4-8-13)19-17(15)14-9-5-2-6-10-14/h1-10,12,17H,11H2. The predicted octanol–water partition coefficient (Wildman–Crippen LogP) is 3.76. The lowest BCUT2D eigenvalue weighted by Crippen LogP contribution is -2.18. The lowest BCUT2D eigenvalue weighted by molar-refractivity contribution is -0.127. The molecule has 0 aliphatic carbocycles. The second kappa shape index (κ2) is 5.11. The molecule has 0 spiro atoms. The lowest BCUT2D eigenvalue weighted by Gasteiger charge is -2.24. The zero-order chi connectivity index (χ0) is 13.1. The fourth-order valence-corrected chi connectivity index (χ4v) is 2.21. The molecule has 1 heterocycles. The first-order valence-electron chi connectivity index (χ1n) is 6.34. The first-order valence-corrected chi connectivity index (χ1v) is 6.34. The minimum Gasteiger partial charge on any atom is -0.478 e. The summed E-state index contributed by atoms with van der Waals surface area (Å²) in [4.78, 5) is 12.0. The van der Waals surface area contributed by atoms with Crippen molar-refractivity contribution in [3.8, 4) is 0 Å². The van der Waals surface area contributed by atoms with Gasteiger partial charge in [0.2, 0.25) is 0 Å². The molecule has 19 heavy (non-hydrogen) atoms. The van der Waals surface area contributed by atoms with Gasteiger partial charge in [-0.25, -0.2) is 0 Å². The Hall–Kier alpha value is -2.35. The smallest absolute Gasteiger partial charge is 0.182 e. The molecule has 0 saturated carbocycles. The summed E-state index contributed by atoms with van der Waals surface area (Å²) < 4.78 is 5.88. The highest BCUT2D eigenvalue weighted by molar-refractivity contribution is 5.89. The number of ketones is 1. The van der Waals surface area contributed by atoms with Gasteiger partial charge >= 0.3 is 0 Å². The summed E-state index contributed by atoms with van der Waals surface area (Å²) in [6.45, 7) is 0. The van der Waals surface area contributed by atoms with E-state index >= 15 is 0 Å². The highest BCUT2D eigenvalue weighted by atomic mass is 16.5. The molecular weight excluding hydrogens is 236 g/mol. The van der Waals surface area contributed by atoms with Crippen LogP contribution in [0, 0.1) is 0 Å². The molecule has 0 saturated heterocycles. The van der Waals surface area contributed by atoms with E-state index < -0.39 is 6.10 Å². The van der Waals surface area contributed by atoms with Crippen molar-refractivity contribution in [2.75, 3.05) is 0 Å². The molecule has 2 aromatic carbocycles. The van der Waals surface area contributed by atoms with Gasteiger partial charge in [-0.15, -0.1) is 0 Å². The second-order valence-electron chi connectivity index (χ2n) is 4.51. The van der Waals surface area contributed by atoms with Crippen molar-refractivity contribution in [3.05, 3.63) is 77.9 Å². The first-order chi connectivity index (χ1) is 9.34. The summed E-state index contributed by atoms with van der Waals surface area (Å²) in [7, 11) is 0. The van der Waals surface area contributed by atoms with Gasteiger partial charge in [0, 0.05) is 12.0 Å². The molecule has 1 aliphatic heterocycles. The Morgan fingerprint density at radius 3 is 2.21 bits per heavy atom. The number of carbonyl (C=O) groups excluding carboxylic acids is 1. The topological polar surface area (TPSA) is 26.3 Å². The molecule has 3 rings (SSSR count). The van der Waals surface area contributed by atoms with Crippen molar-refractivity contribution in [2.24, 2.45) is 0 Å². The predicted molar refractivity (Wildman–Crippen MR) is 74.3 cm³/mol. The van der Waals surface area contributed by atoms with Crippen LogP contribution in [-0.4, -0.2) is 5.78 Å². The molecule has 1 atom stereocenters. The van der Waals surface area contributed by atoms with Crippen LogP contribution in [0.3, 0.4) is 0 Å². The Bertz CT molecular complexity index is 600. The van der Waals surface area contributed by atoms with Crippen molar-refractivity contribution in [3.63, 3.8) is 0 Å². The number of hydrogen-bond acceptors (Lipinski definition) is 2. The summed E-state index contributed by atoms with van der Waals surface area (Å²) in [5, 5.41) is 0. The third kappa shape index (κ3) is 2.43. The van der Waals surface area contributed by atoms with Gasteiger partial charge in [0.05, 0.1) is 0 Å². The normalized spacial score (nSPS) is 18.6. The van der Waals surface area contributed by atoms with Crippen molar-refractivity contribution >= 4 is 11.5 Å².